The summed E-state index contributed by atoms with van der Waals surface area (Å²) in [4.78, 5) is 23.5. The van der Waals surface area contributed by atoms with Crippen LogP contribution in [0.1, 0.15) is 12.0 Å². The van der Waals surface area contributed by atoms with Crippen LogP contribution in [0.4, 0.5) is 10.5 Å². The SMILES string of the molecule is O=C1Oc2ccc([N+](=O)[O-])cc2CN1[C@H]1C[C@H](O)[C@@H](CO)O1. The largest absolute Gasteiger partial charge is 0.417 e. The number of hydrogen-bond donors (Lipinski definition) is 2. The summed E-state index contributed by atoms with van der Waals surface area (Å²) in [5.41, 5.74) is 0.386. The van der Waals surface area contributed by atoms with Crippen LogP contribution in [0, 0.1) is 10.1 Å². The molecular formula is C13H14N2O7. The first-order valence-corrected chi connectivity index (χ1v) is 6.69. The van der Waals surface area contributed by atoms with Gasteiger partial charge >= 0.3 is 6.09 Å². The Bertz CT molecular complexity index is 620. The molecule has 0 spiro atoms. The van der Waals surface area contributed by atoms with Gasteiger partial charge in [0, 0.05) is 24.1 Å². The molecule has 0 radical (unpaired) electrons. The molecule has 1 aromatic carbocycles. The molecule has 1 aromatic rings. The summed E-state index contributed by atoms with van der Waals surface area (Å²) in [5.74, 6) is 0.268. The highest BCUT2D eigenvalue weighted by Crippen LogP contribution is 2.33. The molecular weight excluding hydrogens is 296 g/mol. The minimum absolute atomic E-state index is 0.0748. The molecule has 3 rings (SSSR count). The molecule has 2 N–H and O–H groups in total. The molecule has 1 saturated heterocycles. The molecule has 0 aromatic heterocycles. The average molecular weight is 310 g/mol. The van der Waals surface area contributed by atoms with Crippen molar-refractivity contribution < 1.29 is 29.4 Å². The van der Waals surface area contributed by atoms with E-state index in [1.165, 1.54) is 23.1 Å². The number of nitrogens with zero attached hydrogens (tertiary/aromatic N) is 2. The van der Waals surface area contributed by atoms with Gasteiger partial charge in [-0.3, -0.25) is 15.0 Å². The van der Waals surface area contributed by atoms with Crippen LogP contribution in [0.5, 0.6) is 5.75 Å². The summed E-state index contributed by atoms with van der Waals surface area (Å²) in [7, 11) is 0. The predicted molar refractivity (Wildman–Crippen MR) is 71.0 cm³/mol. The van der Waals surface area contributed by atoms with E-state index in [0.29, 0.717) is 5.56 Å². The van der Waals surface area contributed by atoms with E-state index < -0.39 is 29.5 Å². The van der Waals surface area contributed by atoms with Crippen LogP contribution >= 0.6 is 0 Å². The third kappa shape index (κ3) is 2.49. The maximum atomic E-state index is 12.0. The molecule has 3 atom stereocenters. The van der Waals surface area contributed by atoms with Gasteiger partial charge in [0.15, 0.2) is 0 Å². The minimum Gasteiger partial charge on any atom is -0.410 e. The van der Waals surface area contributed by atoms with Crippen molar-refractivity contribution in [3.8, 4) is 5.75 Å². The van der Waals surface area contributed by atoms with Gasteiger partial charge in [0.1, 0.15) is 18.1 Å². The van der Waals surface area contributed by atoms with E-state index in [0.717, 1.165) is 0 Å². The van der Waals surface area contributed by atoms with Crippen LogP contribution in [0.3, 0.4) is 0 Å². The van der Waals surface area contributed by atoms with Crippen molar-refractivity contribution >= 4 is 11.8 Å². The van der Waals surface area contributed by atoms with Gasteiger partial charge in [0.25, 0.3) is 5.69 Å². The molecule has 0 aliphatic carbocycles. The van der Waals surface area contributed by atoms with Crippen molar-refractivity contribution in [2.24, 2.45) is 0 Å². The third-order valence-corrected chi connectivity index (χ3v) is 3.76. The Balaban J connectivity index is 1.83. The third-order valence-electron chi connectivity index (χ3n) is 3.76. The zero-order valence-corrected chi connectivity index (χ0v) is 11.4. The van der Waals surface area contributed by atoms with Crippen LogP contribution in [0.15, 0.2) is 18.2 Å². The normalized spacial score (nSPS) is 27.5. The van der Waals surface area contributed by atoms with Crippen molar-refractivity contribution in [2.45, 2.75) is 31.4 Å². The lowest BCUT2D eigenvalue weighted by Crippen LogP contribution is -2.44. The molecule has 0 unspecified atom stereocenters. The van der Waals surface area contributed by atoms with Crippen molar-refractivity contribution in [3.05, 3.63) is 33.9 Å². The Morgan fingerprint density at radius 1 is 1.45 bits per heavy atom. The summed E-state index contributed by atoms with van der Waals surface area (Å²) in [5, 5.41) is 29.6. The number of benzene rings is 1. The number of nitro groups is 1. The van der Waals surface area contributed by atoms with Crippen LogP contribution in [0.2, 0.25) is 0 Å². The number of carbonyl (C=O) groups excluding carboxylic acids is 1. The second kappa shape index (κ2) is 5.52. The maximum absolute atomic E-state index is 12.0. The monoisotopic (exact) mass is 310 g/mol. The number of aliphatic hydroxyl groups is 2. The van der Waals surface area contributed by atoms with Crippen molar-refractivity contribution in [3.63, 3.8) is 0 Å². The topological polar surface area (TPSA) is 122 Å². The van der Waals surface area contributed by atoms with Crippen LogP contribution in [-0.2, 0) is 11.3 Å². The molecule has 0 saturated carbocycles. The average Bonchev–Trinajstić information content (AvgIpc) is 2.86. The molecule has 0 bridgehead atoms. The molecule has 9 heteroatoms. The molecule has 1 amide bonds. The van der Waals surface area contributed by atoms with Crippen LogP contribution in [0.25, 0.3) is 0 Å². The van der Waals surface area contributed by atoms with Crippen molar-refractivity contribution in [1.82, 2.24) is 4.90 Å². The van der Waals surface area contributed by atoms with Gasteiger partial charge in [-0.15, -0.1) is 0 Å². The lowest BCUT2D eigenvalue weighted by atomic mass is 10.1. The Morgan fingerprint density at radius 3 is 2.86 bits per heavy atom. The zero-order valence-electron chi connectivity index (χ0n) is 11.4. The number of aliphatic hydroxyl groups excluding tert-OH is 2. The number of non-ortho nitro benzene ring substituents is 1. The number of ether oxygens (including phenoxy) is 2. The Morgan fingerprint density at radius 2 is 2.23 bits per heavy atom. The van der Waals surface area contributed by atoms with Crippen LogP contribution in [-0.4, -0.2) is 51.2 Å². The first-order valence-electron chi connectivity index (χ1n) is 6.69. The number of amides is 1. The minimum atomic E-state index is -0.880. The fourth-order valence-corrected chi connectivity index (χ4v) is 2.59. The second-order valence-corrected chi connectivity index (χ2v) is 5.16. The first kappa shape index (κ1) is 14.7. The van der Waals surface area contributed by atoms with Gasteiger partial charge in [0.2, 0.25) is 0 Å². The lowest BCUT2D eigenvalue weighted by Gasteiger charge is -2.31. The zero-order chi connectivity index (χ0) is 15.9. The number of rotatable bonds is 3. The van der Waals surface area contributed by atoms with Gasteiger partial charge in [-0.05, 0) is 6.07 Å². The smallest absolute Gasteiger partial charge is 0.410 e. The summed E-state index contributed by atoms with van der Waals surface area (Å²) < 4.78 is 10.6. The Hall–Kier alpha value is -2.23. The van der Waals surface area contributed by atoms with E-state index in [1.807, 2.05) is 0 Å². The van der Waals surface area contributed by atoms with E-state index in [-0.39, 0.29) is 31.0 Å². The highest BCUT2D eigenvalue weighted by molar-refractivity contribution is 5.74. The quantitative estimate of drug-likeness (QED) is 0.611. The molecule has 2 heterocycles. The molecule has 118 valence electrons. The summed E-state index contributed by atoms with van der Waals surface area (Å²) >= 11 is 0. The van der Waals surface area contributed by atoms with Gasteiger partial charge < -0.3 is 19.7 Å². The highest BCUT2D eigenvalue weighted by Gasteiger charge is 2.41. The van der Waals surface area contributed by atoms with E-state index in [1.54, 1.807) is 0 Å². The highest BCUT2D eigenvalue weighted by atomic mass is 16.6. The number of carbonyl (C=O) groups is 1. The van der Waals surface area contributed by atoms with Crippen LogP contribution < -0.4 is 4.74 Å². The molecule has 2 aliphatic heterocycles. The van der Waals surface area contributed by atoms with Gasteiger partial charge in [-0.1, -0.05) is 0 Å². The second-order valence-electron chi connectivity index (χ2n) is 5.16. The molecule has 9 nitrogen and oxygen atoms in total. The first-order chi connectivity index (χ1) is 10.5. The van der Waals surface area contributed by atoms with Crippen molar-refractivity contribution in [1.29, 1.82) is 0 Å². The van der Waals surface area contributed by atoms with Gasteiger partial charge in [0.05, 0.1) is 24.2 Å². The van der Waals surface area contributed by atoms with Gasteiger partial charge in [-0.2, -0.15) is 0 Å². The predicted octanol–water partition coefficient (Wildman–Crippen LogP) is 0.377. The number of nitro benzene ring substituents is 1. The van der Waals surface area contributed by atoms with E-state index >= 15 is 0 Å². The standard InChI is InChI=1S/C13H14N2O7/c16-6-11-9(17)4-12(21-11)14-5-7-3-8(15(19)20)1-2-10(7)22-13(14)18/h1-3,9,11-12,16-17H,4-6H2/t9-,11+,12+/m0/s1. The van der Waals surface area contributed by atoms with E-state index in [2.05, 4.69) is 0 Å². The van der Waals surface area contributed by atoms with E-state index in [9.17, 15) is 20.0 Å². The lowest BCUT2D eigenvalue weighted by molar-refractivity contribution is -0.385. The summed E-state index contributed by atoms with van der Waals surface area (Å²) in [6, 6.07) is 3.98. The molecule has 1 fully saturated rings. The summed E-state index contributed by atoms with van der Waals surface area (Å²) in [6.45, 7) is -0.284. The maximum Gasteiger partial charge on any atom is 0.417 e. The van der Waals surface area contributed by atoms with Gasteiger partial charge in [-0.25, -0.2) is 4.79 Å². The number of hydrogen-bond acceptors (Lipinski definition) is 7. The Labute approximate surface area is 124 Å². The fraction of sp³-hybridized carbons (Fsp3) is 0.462. The fourth-order valence-electron chi connectivity index (χ4n) is 2.59. The summed E-state index contributed by atoms with van der Waals surface area (Å²) in [6.07, 6.45) is -2.90. The van der Waals surface area contributed by atoms with Crippen molar-refractivity contribution in [2.75, 3.05) is 6.61 Å². The van der Waals surface area contributed by atoms with E-state index in [4.69, 9.17) is 14.6 Å². The molecule has 2 aliphatic rings. The molecule has 22 heavy (non-hydrogen) atoms. The Kier molecular flexibility index (Phi) is 3.69. The number of fused-ring (bicyclic) bond motifs is 1.